The van der Waals surface area contributed by atoms with Gasteiger partial charge in [0, 0.05) is 35.2 Å². The fourth-order valence-corrected chi connectivity index (χ4v) is 3.38. The van der Waals surface area contributed by atoms with Crippen LogP contribution in [-0.4, -0.2) is 28.4 Å². The summed E-state index contributed by atoms with van der Waals surface area (Å²) in [7, 11) is -3.79. The number of aromatic nitrogens is 4. The van der Waals surface area contributed by atoms with Gasteiger partial charge in [-0.15, -0.1) is 0 Å². The lowest BCUT2D eigenvalue weighted by atomic mass is 10.1. The van der Waals surface area contributed by atoms with E-state index in [4.69, 9.17) is 5.14 Å². The lowest BCUT2D eigenvalue weighted by molar-refractivity contribution is 0.598. The number of H-pyrrole nitrogens is 1. The van der Waals surface area contributed by atoms with E-state index in [0.29, 0.717) is 11.6 Å². The molecule has 0 amide bonds. The monoisotopic (exact) mass is 380 g/mol. The smallest absolute Gasteiger partial charge is 0.238 e. The largest absolute Gasteiger partial charge is 0.360 e. The zero-order valence-electron chi connectivity index (χ0n) is 14.3. The summed E-state index contributed by atoms with van der Waals surface area (Å²) in [4.78, 5) is 16.3. The zero-order chi connectivity index (χ0) is 19.0. The SMILES string of the molecule is Cc1cnc(Nc2cccc(S(N)(=O)=O)c2)nc1-c1cncc2[nH]ccc12. The summed E-state index contributed by atoms with van der Waals surface area (Å²) in [6, 6.07) is 8.15. The third kappa shape index (κ3) is 3.37. The second kappa shape index (κ2) is 6.45. The van der Waals surface area contributed by atoms with Gasteiger partial charge >= 0.3 is 0 Å². The van der Waals surface area contributed by atoms with E-state index in [1.807, 2.05) is 19.2 Å². The number of hydrogen-bond donors (Lipinski definition) is 3. The van der Waals surface area contributed by atoms with E-state index in [9.17, 15) is 8.42 Å². The molecule has 0 aliphatic heterocycles. The average molecular weight is 380 g/mol. The first-order valence-corrected chi connectivity index (χ1v) is 9.61. The number of primary sulfonamides is 1. The lowest BCUT2D eigenvalue weighted by Crippen LogP contribution is -2.12. The van der Waals surface area contributed by atoms with Gasteiger partial charge in [-0.1, -0.05) is 6.07 Å². The molecule has 0 atom stereocenters. The van der Waals surface area contributed by atoms with Gasteiger partial charge in [-0.05, 0) is 36.8 Å². The fourth-order valence-electron chi connectivity index (χ4n) is 2.82. The van der Waals surface area contributed by atoms with Crippen molar-refractivity contribution < 1.29 is 8.42 Å². The minimum Gasteiger partial charge on any atom is -0.360 e. The molecule has 4 rings (SSSR count). The standard InChI is InChI=1S/C18H16N6O2S/c1-11-8-22-18(23-12-3-2-4-13(7-12)27(19,25)26)24-17(11)15-9-20-10-16-14(15)5-6-21-16/h2-10,21H,1H3,(H2,19,25,26)(H,22,23,24). The highest BCUT2D eigenvalue weighted by Gasteiger charge is 2.12. The minimum atomic E-state index is -3.79. The molecule has 0 spiro atoms. The Morgan fingerprint density at radius 1 is 1.15 bits per heavy atom. The number of aromatic amines is 1. The Bertz CT molecular complexity index is 1250. The summed E-state index contributed by atoms with van der Waals surface area (Å²) in [5, 5.41) is 9.22. The van der Waals surface area contributed by atoms with Gasteiger partial charge in [-0.25, -0.2) is 23.5 Å². The van der Waals surface area contributed by atoms with Crippen LogP contribution in [0.2, 0.25) is 0 Å². The van der Waals surface area contributed by atoms with E-state index in [1.165, 1.54) is 12.1 Å². The molecule has 136 valence electrons. The molecule has 1 aromatic carbocycles. The number of nitrogens with zero attached hydrogens (tertiary/aromatic N) is 3. The molecule has 0 fully saturated rings. The molecule has 0 unspecified atom stereocenters. The predicted octanol–water partition coefficient (Wildman–Crippen LogP) is 2.72. The van der Waals surface area contributed by atoms with Crippen molar-refractivity contribution in [2.75, 3.05) is 5.32 Å². The van der Waals surface area contributed by atoms with E-state index < -0.39 is 10.0 Å². The first kappa shape index (κ1) is 17.1. The quantitative estimate of drug-likeness (QED) is 0.500. The molecule has 4 N–H and O–H groups in total. The van der Waals surface area contributed by atoms with E-state index >= 15 is 0 Å². The molecule has 0 aliphatic rings. The van der Waals surface area contributed by atoms with Crippen LogP contribution < -0.4 is 10.5 Å². The van der Waals surface area contributed by atoms with Crippen LogP contribution in [-0.2, 0) is 10.0 Å². The van der Waals surface area contributed by atoms with Gasteiger partial charge in [-0.2, -0.15) is 0 Å². The van der Waals surface area contributed by atoms with Crippen LogP contribution in [0.25, 0.3) is 22.2 Å². The van der Waals surface area contributed by atoms with Crippen molar-refractivity contribution >= 4 is 32.6 Å². The Hall–Kier alpha value is -3.30. The first-order valence-electron chi connectivity index (χ1n) is 8.07. The van der Waals surface area contributed by atoms with Crippen molar-refractivity contribution in [2.45, 2.75) is 11.8 Å². The molecule has 8 nitrogen and oxygen atoms in total. The summed E-state index contributed by atoms with van der Waals surface area (Å²) in [5.74, 6) is 0.342. The van der Waals surface area contributed by atoms with Crippen molar-refractivity contribution in [2.24, 2.45) is 5.14 Å². The summed E-state index contributed by atoms with van der Waals surface area (Å²) in [6.07, 6.45) is 7.08. The van der Waals surface area contributed by atoms with Crippen LogP contribution in [0.3, 0.4) is 0 Å². The normalized spacial score (nSPS) is 11.6. The van der Waals surface area contributed by atoms with Gasteiger partial charge in [-0.3, -0.25) is 4.98 Å². The topological polar surface area (TPSA) is 127 Å². The van der Waals surface area contributed by atoms with Gasteiger partial charge < -0.3 is 10.3 Å². The van der Waals surface area contributed by atoms with Gasteiger partial charge in [0.1, 0.15) is 0 Å². The average Bonchev–Trinajstić information content (AvgIpc) is 3.12. The number of nitrogens with two attached hydrogens (primary N) is 1. The molecular formula is C18H16N6O2S. The van der Waals surface area contributed by atoms with Crippen LogP contribution in [0.15, 0.2) is 60.0 Å². The highest BCUT2D eigenvalue weighted by molar-refractivity contribution is 7.89. The number of sulfonamides is 1. The molecule has 3 heterocycles. The Balaban J connectivity index is 1.75. The highest BCUT2D eigenvalue weighted by atomic mass is 32.2. The van der Waals surface area contributed by atoms with E-state index in [1.54, 1.807) is 30.7 Å². The lowest BCUT2D eigenvalue weighted by Gasteiger charge is -2.10. The molecule has 0 aliphatic carbocycles. The number of nitrogens with one attached hydrogen (secondary N) is 2. The Labute approximate surface area is 155 Å². The second-order valence-electron chi connectivity index (χ2n) is 6.05. The maximum Gasteiger partial charge on any atom is 0.238 e. The maximum absolute atomic E-state index is 11.5. The van der Waals surface area contributed by atoms with Gasteiger partial charge in [0.25, 0.3) is 0 Å². The summed E-state index contributed by atoms with van der Waals surface area (Å²) in [6.45, 7) is 1.92. The summed E-state index contributed by atoms with van der Waals surface area (Å²) < 4.78 is 23.1. The van der Waals surface area contributed by atoms with E-state index in [0.717, 1.165) is 27.7 Å². The van der Waals surface area contributed by atoms with Gasteiger partial charge in [0.2, 0.25) is 16.0 Å². The van der Waals surface area contributed by atoms with Crippen molar-refractivity contribution in [3.8, 4) is 11.3 Å². The number of rotatable bonds is 4. The Morgan fingerprint density at radius 2 is 2.00 bits per heavy atom. The molecule has 0 radical (unpaired) electrons. The first-order chi connectivity index (χ1) is 12.9. The zero-order valence-corrected chi connectivity index (χ0v) is 15.2. The van der Waals surface area contributed by atoms with Crippen LogP contribution in [0.1, 0.15) is 5.56 Å². The van der Waals surface area contributed by atoms with Crippen LogP contribution in [0, 0.1) is 6.92 Å². The van der Waals surface area contributed by atoms with Gasteiger partial charge in [0.15, 0.2) is 0 Å². The van der Waals surface area contributed by atoms with Crippen LogP contribution in [0.5, 0.6) is 0 Å². The van der Waals surface area contributed by atoms with Crippen LogP contribution in [0.4, 0.5) is 11.6 Å². The Kier molecular flexibility index (Phi) is 4.09. The number of hydrogen-bond acceptors (Lipinski definition) is 6. The third-order valence-corrected chi connectivity index (χ3v) is 5.03. The molecule has 3 aromatic heterocycles. The molecule has 0 bridgehead atoms. The summed E-state index contributed by atoms with van der Waals surface area (Å²) >= 11 is 0. The van der Waals surface area contributed by atoms with Crippen molar-refractivity contribution in [3.63, 3.8) is 0 Å². The number of anilines is 2. The Morgan fingerprint density at radius 3 is 2.81 bits per heavy atom. The van der Waals surface area contributed by atoms with Crippen molar-refractivity contribution in [1.29, 1.82) is 0 Å². The second-order valence-corrected chi connectivity index (χ2v) is 7.61. The third-order valence-electron chi connectivity index (χ3n) is 4.12. The molecule has 0 saturated heterocycles. The van der Waals surface area contributed by atoms with Crippen LogP contribution >= 0.6 is 0 Å². The number of fused-ring (bicyclic) bond motifs is 1. The molecule has 27 heavy (non-hydrogen) atoms. The highest BCUT2D eigenvalue weighted by Crippen LogP contribution is 2.29. The van der Waals surface area contributed by atoms with Crippen molar-refractivity contribution in [1.82, 2.24) is 19.9 Å². The maximum atomic E-state index is 11.5. The number of aryl methyl sites for hydroxylation is 1. The van der Waals surface area contributed by atoms with Crippen molar-refractivity contribution in [3.05, 3.63) is 60.7 Å². The number of pyridine rings is 1. The molecule has 4 aromatic rings. The minimum absolute atomic E-state index is 0.0149. The van der Waals surface area contributed by atoms with E-state index in [-0.39, 0.29) is 4.90 Å². The van der Waals surface area contributed by atoms with E-state index in [2.05, 4.69) is 25.3 Å². The molecule has 9 heteroatoms. The fraction of sp³-hybridized carbons (Fsp3) is 0.0556. The molecular weight excluding hydrogens is 364 g/mol. The number of benzene rings is 1. The molecule has 0 saturated carbocycles. The summed E-state index contributed by atoms with van der Waals surface area (Å²) in [5.41, 5.74) is 3.97. The van der Waals surface area contributed by atoms with Gasteiger partial charge in [0.05, 0.1) is 22.3 Å². The predicted molar refractivity (Wildman–Crippen MR) is 103 cm³/mol.